The molecule has 0 spiro atoms. The average Bonchev–Trinajstić information content (AvgIpc) is 2.38. The third-order valence-corrected chi connectivity index (χ3v) is 2.63. The molecule has 2 N–H and O–H groups in total. The van der Waals surface area contributed by atoms with Crippen LogP contribution in [0.3, 0.4) is 0 Å². The molecule has 0 fully saturated rings. The van der Waals surface area contributed by atoms with E-state index >= 15 is 0 Å². The number of hydrogen-bond donors (Lipinski definition) is 1. The minimum absolute atomic E-state index is 0. The Morgan fingerprint density at radius 3 is 1.85 bits per heavy atom. The Hall–Kier alpha value is -1.72. The van der Waals surface area contributed by atoms with E-state index in [0.717, 1.165) is 11.1 Å². The molecule has 6 heteroatoms. The van der Waals surface area contributed by atoms with E-state index in [0.29, 0.717) is 0 Å². The number of rotatable bonds is 3. The maximum absolute atomic E-state index is 12.0. The minimum Gasteiger partial charge on any atom is -0.406 e. The van der Waals surface area contributed by atoms with Gasteiger partial charge in [-0.1, -0.05) is 42.5 Å². The van der Waals surface area contributed by atoms with E-state index in [1.807, 2.05) is 30.3 Å². The van der Waals surface area contributed by atoms with Gasteiger partial charge in [0.05, 0.1) is 6.04 Å². The largest absolute Gasteiger partial charge is 0.573 e. The van der Waals surface area contributed by atoms with Crippen molar-refractivity contribution in [3.05, 3.63) is 65.7 Å². The summed E-state index contributed by atoms with van der Waals surface area (Å²) in [7, 11) is 0. The molecule has 0 heterocycles. The molecule has 2 nitrogen and oxygen atoms in total. The van der Waals surface area contributed by atoms with Crippen molar-refractivity contribution in [2.24, 2.45) is 5.73 Å². The third kappa shape index (κ3) is 4.43. The van der Waals surface area contributed by atoms with Crippen molar-refractivity contribution in [3.8, 4) is 5.75 Å². The number of halogens is 4. The van der Waals surface area contributed by atoms with Gasteiger partial charge in [0.2, 0.25) is 0 Å². The van der Waals surface area contributed by atoms with E-state index in [1.165, 1.54) is 24.3 Å². The van der Waals surface area contributed by atoms with Crippen LogP contribution in [0.2, 0.25) is 0 Å². The molecule has 0 saturated heterocycles. The predicted molar refractivity (Wildman–Crippen MR) is 72.8 cm³/mol. The van der Waals surface area contributed by atoms with Crippen molar-refractivity contribution >= 4 is 12.4 Å². The van der Waals surface area contributed by atoms with Gasteiger partial charge in [0, 0.05) is 0 Å². The highest BCUT2D eigenvalue weighted by atomic mass is 35.5. The van der Waals surface area contributed by atoms with Crippen molar-refractivity contribution in [1.29, 1.82) is 0 Å². The van der Waals surface area contributed by atoms with Crippen molar-refractivity contribution in [2.45, 2.75) is 12.4 Å². The summed E-state index contributed by atoms with van der Waals surface area (Å²) in [4.78, 5) is 0. The fraction of sp³-hybridized carbons (Fsp3) is 0.143. The van der Waals surface area contributed by atoms with Gasteiger partial charge in [-0.15, -0.1) is 25.6 Å². The molecule has 0 amide bonds. The van der Waals surface area contributed by atoms with E-state index in [1.54, 1.807) is 0 Å². The molecule has 0 aromatic heterocycles. The van der Waals surface area contributed by atoms with Crippen molar-refractivity contribution in [3.63, 3.8) is 0 Å². The van der Waals surface area contributed by atoms with Crippen LogP contribution in [0.4, 0.5) is 13.2 Å². The van der Waals surface area contributed by atoms with E-state index in [9.17, 15) is 13.2 Å². The Labute approximate surface area is 120 Å². The molecular weight excluding hydrogens is 291 g/mol. The fourth-order valence-corrected chi connectivity index (χ4v) is 1.73. The second kappa shape index (κ2) is 6.63. The lowest BCUT2D eigenvalue weighted by atomic mass is 10.00. The van der Waals surface area contributed by atoms with Crippen LogP contribution >= 0.6 is 12.4 Å². The van der Waals surface area contributed by atoms with Gasteiger partial charge in [0.1, 0.15) is 5.75 Å². The number of nitrogens with two attached hydrogens (primary N) is 1. The van der Waals surface area contributed by atoms with E-state index in [2.05, 4.69) is 4.74 Å². The van der Waals surface area contributed by atoms with Crippen molar-refractivity contribution < 1.29 is 17.9 Å². The summed E-state index contributed by atoms with van der Waals surface area (Å²) in [6, 6.07) is 14.5. The number of benzene rings is 2. The van der Waals surface area contributed by atoms with Gasteiger partial charge >= 0.3 is 6.36 Å². The molecule has 1 atom stereocenters. The first-order valence-electron chi connectivity index (χ1n) is 5.62. The Kier molecular flexibility index (Phi) is 5.42. The van der Waals surface area contributed by atoms with Crippen LogP contribution in [0.1, 0.15) is 17.2 Å². The summed E-state index contributed by atoms with van der Waals surface area (Å²) >= 11 is 0. The van der Waals surface area contributed by atoms with Crippen LogP contribution in [0, 0.1) is 0 Å². The zero-order chi connectivity index (χ0) is 13.9. The van der Waals surface area contributed by atoms with Crippen LogP contribution < -0.4 is 10.5 Å². The van der Waals surface area contributed by atoms with Gasteiger partial charge in [-0.05, 0) is 23.3 Å². The van der Waals surface area contributed by atoms with Gasteiger partial charge < -0.3 is 10.5 Å². The van der Waals surface area contributed by atoms with Crippen LogP contribution in [0.5, 0.6) is 5.75 Å². The molecule has 0 aliphatic heterocycles. The van der Waals surface area contributed by atoms with Crippen molar-refractivity contribution in [2.75, 3.05) is 0 Å². The molecule has 0 radical (unpaired) electrons. The Bertz CT molecular complexity index is 528. The Morgan fingerprint density at radius 2 is 1.35 bits per heavy atom. The lowest BCUT2D eigenvalue weighted by Gasteiger charge is -2.14. The molecule has 0 aliphatic rings. The molecule has 2 aromatic carbocycles. The minimum atomic E-state index is -4.68. The number of ether oxygens (including phenoxy) is 1. The Morgan fingerprint density at radius 1 is 0.850 bits per heavy atom. The monoisotopic (exact) mass is 303 g/mol. The zero-order valence-electron chi connectivity index (χ0n) is 10.3. The zero-order valence-corrected chi connectivity index (χ0v) is 11.1. The van der Waals surface area contributed by atoms with Crippen LogP contribution in [0.25, 0.3) is 0 Å². The van der Waals surface area contributed by atoms with Gasteiger partial charge in [-0.25, -0.2) is 0 Å². The van der Waals surface area contributed by atoms with Crippen molar-refractivity contribution in [1.82, 2.24) is 0 Å². The summed E-state index contributed by atoms with van der Waals surface area (Å²) in [5.41, 5.74) is 7.65. The van der Waals surface area contributed by atoms with Crippen LogP contribution in [-0.2, 0) is 0 Å². The Balaban J connectivity index is 0.00000200. The molecule has 0 unspecified atom stereocenters. The number of hydrogen-bond acceptors (Lipinski definition) is 2. The number of alkyl halides is 3. The van der Waals surface area contributed by atoms with Gasteiger partial charge in [0.15, 0.2) is 0 Å². The summed E-state index contributed by atoms with van der Waals surface area (Å²) < 4.78 is 39.9. The molecule has 0 aliphatic carbocycles. The maximum Gasteiger partial charge on any atom is 0.573 e. The average molecular weight is 304 g/mol. The smallest absolute Gasteiger partial charge is 0.406 e. The summed E-state index contributed by atoms with van der Waals surface area (Å²) in [5, 5.41) is 0. The highest BCUT2D eigenvalue weighted by molar-refractivity contribution is 5.85. The van der Waals surface area contributed by atoms with Gasteiger partial charge in [-0.2, -0.15) is 0 Å². The molecule has 20 heavy (non-hydrogen) atoms. The summed E-state index contributed by atoms with van der Waals surface area (Å²) in [6.07, 6.45) is -4.68. The SMILES string of the molecule is Cl.N[C@@H](c1ccccc1)c1ccc(OC(F)(F)F)cc1. The van der Waals surface area contributed by atoms with Crippen LogP contribution in [0.15, 0.2) is 54.6 Å². The fourth-order valence-electron chi connectivity index (χ4n) is 1.73. The first kappa shape index (κ1) is 16.3. The van der Waals surface area contributed by atoms with E-state index < -0.39 is 6.36 Å². The topological polar surface area (TPSA) is 35.2 Å². The van der Waals surface area contributed by atoms with Crippen LogP contribution in [-0.4, -0.2) is 6.36 Å². The quantitative estimate of drug-likeness (QED) is 0.928. The first-order valence-corrected chi connectivity index (χ1v) is 5.62. The van der Waals surface area contributed by atoms with Gasteiger partial charge in [0.25, 0.3) is 0 Å². The predicted octanol–water partition coefficient (Wildman–Crippen LogP) is 4.06. The summed E-state index contributed by atoms with van der Waals surface area (Å²) in [5.74, 6) is -0.253. The highest BCUT2D eigenvalue weighted by Gasteiger charge is 2.31. The van der Waals surface area contributed by atoms with Gasteiger partial charge in [-0.3, -0.25) is 0 Å². The summed E-state index contributed by atoms with van der Waals surface area (Å²) in [6.45, 7) is 0. The normalized spacial score (nSPS) is 12.4. The second-order valence-electron chi connectivity index (χ2n) is 4.01. The maximum atomic E-state index is 12.0. The molecule has 2 rings (SSSR count). The molecule has 0 bridgehead atoms. The standard InChI is InChI=1S/C14H12F3NO.ClH/c15-14(16,17)19-12-8-6-11(7-9-12)13(18)10-4-2-1-3-5-10;/h1-9,13H,18H2;1H/t13-;/m0./s1. The lowest BCUT2D eigenvalue weighted by molar-refractivity contribution is -0.274. The molecule has 108 valence electrons. The molecule has 0 saturated carbocycles. The second-order valence-corrected chi connectivity index (χ2v) is 4.01. The van der Waals surface area contributed by atoms with E-state index in [4.69, 9.17) is 5.73 Å². The third-order valence-electron chi connectivity index (χ3n) is 2.63. The highest BCUT2D eigenvalue weighted by Crippen LogP contribution is 2.25. The lowest BCUT2D eigenvalue weighted by Crippen LogP contribution is -2.17. The first-order chi connectivity index (χ1) is 8.96. The molecular formula is C14H13ClF3NO. The van der Waals surface area contributed by atoms with E-state index in [-0.39, 0.29) is 24.2 Å². The molecule has 2 aromatic rings.